The molecule has 0 spiro atoms. The van der Waals surface area contributed by atoms with Crippen LogP contribution in [0.1, 0.15) is 40.2 Å². The number of hydrazine groups is 1. The average molecular weight is 456 g/mol. The molecule has 0 fully saturated rings. The molecule has 176 valence electrons. The molecule has 0 saturated heterocycles. The molecular weight excluding hydrogens is 422 g/mol. The summed E-state index contributed by atoms with van der Waals surface area (Å²) in [5.74, 6) is 0.816. The third-order valence-electron chi connectivity index (χ3n) is 6.99. The van der Waals surface area contributed by atoms with Gasteiger partial charge in [0.2, 0.25) is 0 Å². The van der Waals surface area contributed by atoms with Gasteiger partial charge in [-0.15, -0.1) is 0 Å². The van der Waals surface area contributed by atoms with E-state index in [0.717, 1.165) is 69.2 Å². The fourth-order valence-electron chi connectivity index (χ4n) is 5.30. The molecule has 2 heterocycles. The summed E-state index contributed by atoms with van der Waals surface area (Å²) in [6.07, 6.45) is 4.19. The lowest BCUT2D eigenvalue weighted by Crippen LogP contribution is -2.43. The number of hydrogen-bond donors (Lipinski definition) is 0. The number of benzene rings is 3. The van der Waals surface area contributed by atoms with E-state index in [0.29, 0.717) is 0 Å². The number of anilines is 1. The Morgan fingerprint density at radius 2 is 1.65 bits per heavy atom. The van der Waals surface area contributed by atoms with E-state index in [4.69, 9.17) is 4.74 Å². The summed E-state index contributed by atoms with van der Waals surface area (Å²) in [7, 11) is 2.06. The zero-order chi connectivity index (χ0) is 24.2. The van der Waals surface area contributed by atoms with Gasteiger partial charge in [0.25, 0.3) is 0 Å². The summed E-state index contributed by atoms with van der Waals surface area (Å²) in [5, 5.41) is 8.19. The first kappa shape index (κ1) is 22.5. The predicted molar refractivity (Wildman–Crippen MR) is 144 cm³/mol. The van der Waals surface area contributed by atoms with Crippen LogP contribution in [0.5, 0.6) is 5.75 Å². The highest BCUT2D eigenvalue weighted by Gasteiger charge is 2.29. The molecule has 34 heavy (non-hydrogen) atoms. The van der Waals surface area contributed by atoms with E-state index in [9.17, 15) is 4.79 Å². The first-order valence-corrected chi connectivity index (χ1v) is 12.2. The van der Waals surface area contributed by atoms with E-state index in [1.165, 1.54) is 0 Å². The molecule has 1 aromatic heterocycles. The van der Waals surface area contributed by atoms with Crippen molar-refractivity contribution in [1.82, 2.24) is 9.58 Å². The van der Waals surface area contributed by atoms with Crippen molar-refractivity contribution in [3.8, 4) is 5.75 Å². The van der Waals surface area contributed by atoms with Crippen LogP contribution in [0.2, 0.25) is 0 Å². The summed E-state index contributed by atoms with van der Waals surface area (Å²) in [6.45, 7) is 13.0. The van der Waals surface area contributed by atoms with Crippen molar-refractivity contribution < 1.29 is 4.74 Å². The third kappa shape index (κ3) is 3.38. The van der Waals surface area contributed by atoms with Gasteiger partial charge >= 0.3 is 0 Å². The maximum Gasteiger partial charge on any atom is 0.199 e. The normalized spacial score (nSPS) is 14.7. The van der Waals surface area contributed by atoms with Crippen LogP contribution in [0.25, 0.3) is 38.7 Å². The highest BCUT2D eigenvalue weighted by Crippen LogP contribution is 2.41. The predicted octanol–water partition coefficient (Wildman–Crippen LogP) is 6.11. The number of pyridine rings is 1. The number of aromatic nitrogens is 1. The van der Waals surface area contributed by atoms with Crippen molar-refractivity contribution >= 4 is 44.3 Å². The molecule has 1 aliphatic rings. The van der Waals surface area contributed by atoms with Crippen LogP contribution < -0.4 is 15.2 Å². The lowest BCUT2D eigenvalue weighted by molar-refractivity contribution is 0.159. The second-order valence-corrected chi connectivity index (χ2v) is 9.53. The Morgan fingerprint density at radius 3 is 2.29 bits per heavy atom. The van der Waals surface area contributed by atoms with E-state index in [2.05, 4.69) is 92.7 Å². The summed E-state index contributed by atoms with van der Waals surface area (Å²) >= 11 is 0. The first-order chi connectivity index (χ1) is 16.3. The third-order valence-corrected chi connectivity index (χ3v) is 6.99. The molecule has 0 aliphatic carbocycles. The van der Waals surface area contributed by atoms with Crippen molar-refractivity contribution in [3.05, 3.63) is 64.3 Å². The van der Waals surface area contributed by atoms with Gasteiger partial charge in [0, 0.05) is 43.7 Å². The number of aryl methyl sites for hydroxylation is 1. The van der Waals surface area contributed by atoms with E-state index >= 15 is 0 Å². The monoisotopic (exact) mass is 455 g/mol. The maximum absolute atomic E-state index is 14.2. The Hall–Kier alpha value is -3.31. The fraction of sp³-hybridized carbons (Fsp3) is 0.345. The number of hydrogen-bond acceptors (Lipinski definition) is 4. The van der Waals surface area contributed by atoms with Gasteiger partial charge in [-0.2, -0.15) is 0 Å². The lowest BCUT2D eigenvalue weighted by Gasteiger charge is -2.37. The molecule has 3 aromatic carbocycles. The SMILES string of the molecule is CCN(CC)N(CC)c1cc2c(c3c1c(=O)c1cc4ccccc4cc1n3C)C=CC(C)(C)O2. The first-order valence-electron chi connectivity index (χ1n) is 12.2. The van der Waals surface area contributed by atoms with Gasteiger partial charge in [0.1, 0.15) is 11.4 Å². The zero-order valence-electron chi connectivity index (χ0n) is 21.0. The van der Waals surface area contributed by atoms with Crippen molar-refractivity contribution in [2.24, 2.45) is 7.05 Å². The standard InChI is InChI=1S/C29H33N3O2/c1-7-31(8-2)32(9-3)24-18-25-21(14-15-29(4,5)34-25)27-26(24)28(33)22-16-19-12-10-11-13-20(19)17-23(22)30(27)6/h10-18H,7-9H2,1-6H3. The minimum absolute atomic E-state index is 0.0653. The second-order valence-electron chi connectivity index (χ2n) is 9.53. The van der Waals surface area contributed by atoms with Crippen LogP contribution in [0, 0.1) is 0 Å². The Balaban J connectivity index is 1.98. The number of fused-ring (bicyclic) bond motifs is 5. The summed E-state index contributed by atoms with van der Waals surface area (Å²) in [4.78, 5) is 14.2. The number of rotatable bonds is 5. The molecule has 0 bridgehead atoms. The molecule has 5 heteroatoms. The van der Waals surface area contributed by atoms with Gasteiger partial charge in [-0.25, -0.2) is 5.01 Å². The Bertz CT molecular complexity index is 1510. The van der Waals surface area contributed by atoms with Crippen LogP contribution in [0.15, 0.2) is 53.3 Å². The van der Waals surface area contributed by atoms with Crippen LogP contribution in [-0.2, 0) is 7.05 Å². The van der Waals surface area contributed by atoms with Crippen molar-refractivity contribution in [2.75, 3.05) is 24.6 Å². The highest BCUT2D eigenvalue weighted by molar-refractivity contribution is 6.08. The largest absolute Gasteiger partial charge is 0.483 e. The average Bonchev–Trinajstić information content (AvgIpc) is 2.83. The van der Waals surface area contributed by atoms with Crippen LogP contribution in [0.4, 0.5) is 5.69 Å². The molecule has 5 nitrogen and oxygen atoms in total. The van der Waals surface area contributed by atoms with Gasteiger partial charge in [-0.1, -0.05) is 38.1 Å². The summed E-state index contributed by atoms with van der Waals surface area (Å²) in [6, 6.07) is 14.5. The molecule has 1 aliphatic heterocycles. The molecule has 0 N–H and O–H groups in total. The quantitative estimate of drug-likeness (QED) is 0.269. The van der Waals surface area contributed by atoms with Gasteiger partial charge in [-0.3, -0.25) is 4.79 Å². The van der Waals surface area contributed by atoms with Crippen LogP contribution >= 0.6 is 0 Å². The topological polar surface area (TPSA) is 37.7 Å². The zero-order valence-corrected chi connectivity index (χ0v) is 21.0. The second kappa shape index (κ2) is 8.17. The Kier molecular flexibility index (Phi) is 5.40. The molecular formula is C29H33N3O2. The van der Waals surface area contributed by atoms with Crippen molar-refractivity contribution in [1.29, 1.82) is 0 Å². The molecule has 0 radical (unpaired) electrons. The van der Waals surface area contributed by atoms with Crippen molar-refractivity contribution in [3.63, 3.8) is 0 Å². The Labute approximate surface area is 200 Å². The number of nitrogens with zero attached hydrogens (tertiary/aromatic N) is 3. The van der Waals surface area contributed by atoms with E-state index < -0.39 is 5.60 Å². The van der Waals surface area contributed by atoms with Crippen molar-refractivity contribution in [2.45, 2.75) is 40.2 Å². The summed E-state index contributed by atoms with van der Waals surface area (Å²) in [5.41, 5.74) is 3.37. The van der Waals surface area contributed by atoms with Crippen LogP contribution in [-0.4, -0.2) is 34.8 Å². The maximum atomic E-state index is 14.2. The van der Waals surface area contributed by atoms with E-state index in [-0.39, 0.29) is 5.43 Å². The molecule has 0 atom stereocenters. The molecule has 5 rings (SSSR count). The lowest BCUT2D eigenvalue weighted by atomic mass is 9.96. The number of ether oxygens (including phenoxy) is 1. The van der Waals surface area contributed by atoms with Gasteiger partial charge in [-0.05, 0) is 55.8 Å². The van der Waals surface area contributed by atoms with E-state index in [1.807, 2.05) is 18.2 Å². The van der Waals surface area contributed by atoms with Gasteiger partial charge < -0.3 is 14.3 Å². The molecule has 0 amide bonds. The minimum Gasteiger partial charge on any atom is -0.483 e. The van der Waals surface area contributed by atoms with E-state index in [1.54, 1.807) is 0 Å². The van der Waals surface area contributed by atoms with Crippen LogP contribution in [0.3, 0.4) is 0 Å². The molecule has 4 aromatic rings. The molecule has 0 saturated carbocycles. The highest BCUT2D eigenvalue weighted by atomic mass is 16.5. The molecule has 0 unspecified atom stereocenters. The van der Waals surface area contributed by atoms with Gasteiger partial charge in [0.05, 0.1) is 22.1 Å². The fourth-order valence-corrected chi connectivity index (χ4v) is 5.30. The van der Waals surface area contributed by atoms with Gasteiger partial charge in [0.15, 0.2) is 5.43 Å². The Morgan fingerprint density at radius 1 is 0.971 bits per heavy atom. The smallest absolute Gasteiger partial charge is 0.199 e. The summed E-state index contributed by atoms with van der Waals surface area (Å²) < 4.78 is 8.61. The minimum atomic E-state index is -0.407.